The molecular formula is C28H30ClN9O. The molecule has 11 heteroatoms. The van der Waals surface area contributed by atoms with Gasteiger partial charge in [0.25, 0.3) is 0 Å². The average Bonchev–Trinajstić information content (AvgIpc) is 3.41. The Morgan fingerprint density at radius 1 is 0.923 bits per heavy atom. The van der Waals surface area contributed by atoms with Crippen LogP contribution in [0.3, 0.4) is 0 Å². The van der Waals surface area contributed by atoms with E-state index in [1.165, 1.54) is 5.69 Å². The summed E-state index contributed by atoms with van der Waals surface area (Å²) in [5.41, 5.74) is 5.58. The van der Waals surface area contributed by atoms with Crippen LogP contribution >= 0.6 is 12.4 Å². The molecule has 39 heavy (non-hydrogen) atoms. The van der Waals surface area contributed by atoms with E-state index in [1.807, 2.05) is 23.2 Å². The molecule has 6 rings (SSSR count). The molecule has 2 aliphatic heterocycles. The van der Waals surface area contributed by atoms with Crippen LogP contribution in [0.5, 0.6) is 0 Å². The van der Waals surface area contributed by atoms with Crippen molar-refractivity contribution in [3.8, 4) is 28.6 Å². The number of anilines is 2. The fourth-order valence-electron chi connectivity index (χ4n) is 5.17. The van der Waals surface area contributed by atoms with Crippen molar-refractivity contribution in [2.24, 2.45) is 0 Å². The van der Waals surface area contributed by atoms with E-state index >= 15 is 0 Å². The topological polar surface area (TPSA) is 106 Å². The highest BCUT2D eigenvalue weighted by molar-refractivity contribution is 5.85. The minimum Gasteiger partial charge on any atom is -0.369 e. The Morgan fingerprint density at radius 2 is 1.64 bits per heavy atom. The van der Waals surface area contributed by atoms with E-state index in [0.29, 0.717) is 29.9 Å². The molecule has 2 saturated heterocycles. The standard InChI is InChI=1S/C28H29N9O.ClH/c1-20(38)34-12-14-36(15-13-34)26-7-4-22(17-31-26)27-28-23(16-29)18-32-37(28)19-25(33-27)21-2-5-24(6-3-21)35-10-8-30-9-11-35;/h2-7,17-19,30H,8-15H2,1H3;1H. The van der Waals surface area contributed by atoms with Crippen LogP contribution in [0.25, 0.3) is 28.0 Å². The van der Waals surface area contributed by atoms with Crippen molar-refractivity contribution >= 4 is 35.3 Å². The Bertz CT molecular complexity index is 1500. The van der Waals surface area contributed by atoms with Crippen LogP contribution in [0.4, 0.5) is 11.5 Å². The third kappa shape index (κ3) is 5.24. The zero-order chi connectivity index (χ0) is 26.1. The number of nitrogens with zero attached hydrogens (tertiary/aromatic N) is 8. The summed E-state index contributed by atoms with van der Waals surface area (Å²) in [4.78, 5) is 27.8. The van der Waals surface area contributed by atoms with Gasteiger partial charge in [-0.25, -0.2) is 14.5 Å². The van der Waals surface area contributed by atoms with E-state index in [2.05, 4.69) is 50.5 Å². The van der Waals surface area contributed by atoms with Crippen molar-refractivity contribution in [1.29, 1.82) is 5.26 Å². The number of pyridine rings is 1. The number of amides is 1. The van der Waals surface area contributed by atoms with Crippen LogP contribution in [-0.2, 0) is 4.79 Å². The molecule has 0 saturated carbocycles. The van der Waals surface area contributed by atoms with E-state index < -0.39 is 0 Å². The molecule has 3 aromatic heterocycles. The largest absolute Gasteiger partial charge is 0.369 e. The predicted octanol–water partition coefficient (Wildman–Crippen LogP) is 2.83. The van der Waals surface area contributed by atoms with Crippen LogP contribution in [0.15, 0.2) is 55.0 Å². The molecular weight excluding hydrogens is 514 g/mol. The molecule has 2 fully saturated rings. The van der Waals surface area contributed by atoms with Crippen molar-refractivity contribution in [3.05, 3.63) is 60.6 Å². The molecule has 200 valence electrons. The number of hydrogen-bond donors (Lipinski definition) is 1. The lowest BCUT2D eigenvalue weighted by molar-refractivity contribution is -0.129. The molecule has 0 atom stereocenters. The smallest absolute Gasteiger partial charge is 0.219 e. The van der Waals surface area contributed by atoms with Crippen molar-refractivity contribution in [2.45, 2.75) is 6.92 Å². The number of nitrogens with one attached hydrogen (secondary N) is 1. The summed E-state index contributed by atoms with van der Waals surface area (Å²) in [6.07, 6.45) is 5.25. The van der Waals surface area contributed by atoms with Gasteiger partial charge in [-0.15, -0.1) is 12.4 Å². The normalized spacial score (nSPS) is 15.6. The lowest BCUT2D eigenvalue weighted by Gasteiger charge is -2.34. The van der Waals surface area contributed by atoms with E-state index in [9.17, 15) is 10.1 Å². The molecule has 2 aliphatic rings. The van der Waals surface area contributed by atoms with Crippen molar-refractivity contribution < 1.29 is 4.79 Å². The van der Waals surface area contributed by atoms with Gasteiger partial charge >= 0.3 is 0 Å². The van der Waals surface area contributed by atoms with Crippen LogP contribution < -0.4 is 15.1 Å². The number of carbonyl (C=O) groups is 1. The summed E-state index contributed by atoms with van der Waals surface area (Å²) in [6, 6.07) is 14.7. The zero-order valence-electron chi connectivity index (χ0n) is 21.7. The number of nitriles is 1. The van der Waals surface area contributed by atoms with Gasteiger partial charge in [0, 0.05) is 82.3 Å². The minimum absolute atomic E-state index is 0. The van der Waals surface area contributed by atoms with Gasteiger partial charge in [-0.2, -0.15) is 10.4 Å². The van der Waals surface area contributed by atoms with E-state index in [-0.39, 0.29) is 18.3 Å². The van der Waals surface area contributed by atoms with Gasteiger partial charge in [-0.3, -0.25) is 4.79 Å². The summed E-state index contributed by atoms with van der Waals surface area (Å²) in [5.74, 6) is 0.970. The van der Waals surface area contributed by atoms with E-state index in [0.717, 1.165) is 61.9 Å². The highest BCUT2D eigenvalue weighted by Gasteiger charge is 2.21. The molecule has 4 aromatic rings. The number of hydrogen-bond acceptors (Lipinski definition) is 8. The van der Waals surface area contributed by atoms with Gasteiger partial charge in [0.2, 0.25) is 5.91 Å². The number of aromatic nitrogens is 4. The fourth-order valence-corrected chi connectivity index (χ4v) is 5.17. The number of rotatable bonds is 4. The summed E-state index contributed by atoms with van der Waals surface area (Å²) in [6.45, 7) is 8.45. The van der Waals surface area contributed by atoms with Gasteiger partial charge in [0.05, 0.1) is 23.8 Å². The first-order valence-electron chi connectivity index (χ1n) is 12.9. The minimum atomic E-state index is 0. The Balaban J connectivity index is 0.00000308. The zero-order valence-corrected chi connectivity index (χ0v) is 22.6. The van der Waals surface area contributed by atoms with Crippen molar-refractivity contribution in [2.75, 3.05) is 62.2 Å². The number of halogens is 1. The molecule has 0 radical (unpaired) electrons. The maximum Gasteiger partial charge on any atom is 0.219 e. The van der Waals surface area contributed by atoms with Gasteiger partial charge in [0.1, 0.15) is 23.0 Å². The van der Waals surface area contributed by atoms with Gasteiger partial charge < -0.3 is 20.0 Å². The van der Waals surface area contributed by atoms with Gasteiger partial charge in [-0.1, -0.05) is 12.1 Å². The second kappa shape index (κ2) is 11.3. The Hall–Kier alpha value is -4.20. The number of benzene rings is 1. The second-order valence-electron chi connectivity index (χ2n) is 9.62. The Labute approximate surface area is 233 Å². The molecule has 0 spiro atoms. The van der Waals surface area contributed by atoms with Crippen LogP contribution in [0.1, 0.15) is 12.5 Å². The van der Waals surface area contributed by atoms with E-state index in [1.54, 1.807) is 23.8 Å². The first kappa shape index (κ1) is 26.4. The van der Waals surface area contributed by atoms with Gasteiger partial charge in [0.15, 0.2) is 0 Å². The highest BCUT2D eigenvalue weighted by Crippen LogP contribution is 2.30. The molecule has 0 bridgehead atoms. The van der Waals surface area contributed by atoms with Crippen molar-refractivity contribution in [3.63, 3.8) is 0 Å². The SMILES string of the molecule is CC(=O)N1CCN(c2ccc(-c3nc(-c4ccc(N5CCNCC5)cc4)cn4ncc(C#N)c34)cn2)CC1.Cl. The molecule has 0 unspecified atom stereocenters. The Kier molecular flexibility index (Phi) is 7.63. The average molecular weight is 544 g/mol. The maximum absolute atomic E-state index is 11.7. The first-order chi connectivity index (χ1) is 18.6. The quantitative estimate of drug-likeness (QED) is 0.419. The highest BCUT2D eigenvalue weighted by atomic mass is 35.5. The third-order valence-electron chi connectivity index (χ3n) is 7.33. The van der Waals surface area contributed by atoms with Crippen molar-refractivity contribution in [1.82, 2.24) is 29.8 Å². The summed E-state index contributed by atoms with van der Waals surface area (Å²) >= 11 is 0. The monoisotopic (exact) mass is 543 g/mol. The summed E-state index contributed by atoms with van der Waals surface area (Å²) in [7, 11) is 0. The molecule has 5 heterocycles. The lowest BCUT2D eigenvalue weighted by Crippen LogP contribution is -2.48. The molecule has 10 nitrogen and oxygen atoms in total. The third-order valence-corrected chi connectivity index (χ3v) is 7.33. The van der Waals surface area contributed by atoms with Gasteiger partial charge in [-0.05, 0) is 24.3 Å². The molecule has 1 N–H and O–H groups in total. The molecule has 1 aromatic carbocycles. The first-order valence-corrected chi connectivity index (χ1v) is 12.9. The molecule has 1 amide bonds. The van der Waals surface area contributed by atoms with E-state index in [4.69, 9.17) is 9.97 Å². The summed E-state index contributed by atoms with van der Waals surface area (Å²) in [5, 5.41) is 17.6. The van der Waals surface area contributed by atoms with Crippen LogP contribution in [0.2, 0.25) is 0 Å². The van der Waals surface area contributed by atoms with Crippen LogP contribution in [0, 0.1) is 11.3 Å². The predicted molar refractivity (Wildman–Crippen MR) is 153 cm³/mol. The summed E-state index contributed by atoms with van der Waals surface area (Å²) < 4.78 is 1.73. The number of carbonyl (C=O) groups excluding carboxylic acids is 1. The second-order valence-corrected chi connectivity index (χ2v) is 9.62. The van der Waals surface area contributed by atoms with Crippen LogP contribution in [-0.4, -0.2) is 82.7 Å². The molecule has 0 aliphatic carbocycles. The Morgan fingerprint density at radius 3 is 2.28 bits per heavy atom. The number of piperazine rings is 2. The fraction of sp³-hybridized carbons (Fsp3) is 0.321. The maximum atomic E-state index is 11.7. The number of fused-ring (bicyclic) bond motifs is 1. The lowest BCUT2D eigenvalue weighted by atomic mass is 10.1.